The Bertz CT molecular complexity index is 1530. The molecule has 2 fully saturated rings. The van der Waals surface area contributed by atoms with Crippen LogP contribution in [-0.2, 0) is 39.4 Å². The lowest BCUT2D eigenvalue weighted by molar-refractivity contribution is -0.146. The lowest BCUT2D eigenvalue weighted by atomic mass is 9.82. The number of hydrogen-bond donors (Lipinski definition) is 1. The Morgan fingerprint density at radius 3 is 2.63 bits per heavy atom. The number of carbonyl (C=O) groups is 2. The van der Waals surface area contributed by atoms with Gasteiger partial charge < -0.3 is 23.8 Å². The Morgan fingerprint density at radius 2 is 1.95 bits per heavy atom. The lowest BCUT2D eigenvalue weighted by Crippen LogP contribution is -2.45. The molecule has 1 N–H and O–H groups in total. The Kier molecular flexibility index (Phi) is 7.95. The van der Waals surface area contributed by atoms with Gasteiger partial charge in [0.1, 0.15) is 0 Å². The maximum Gasteiger partial charge on any atom is 0.264 e. The number of ether oxygens (including phenoxy) is 1. The zero-order valence-corrected chi connectivity index (χ0v) is 26.4. The van der Waals surface area contributed by atoms with E-state index in [9.17, 15) is 14.7 Å². The van der Waals surface area contributed by atoms with Gasteiger partial charge in [-0.15, -0.1) is 5.10 Å². The lowest BCUT2D eigenvalue weighted by Gasteiger charge is -2.31. The van der Waals surface area contributed by atoms with Crippen molar-refractivity contribution in [1.82, 2.24) is 15.0 Å². The second kappa shape index (κ2) is 11.4. The fraction of sp³-hybridized carbons (Fsp3) is 0.484. The van der Waals surface area contributed by atoms with Crippen molar-refractivity contribution in [3.8, 4) is 0 Å². The van der Waals surface area contributed by atoms with Gasteiger partial charge in [0.15, 0.2) is 5.60 Å². The topological polar surface area (TPSA) is 101 Å². The number of carbonyl (C=O) groups excluding carboxylic acids is 2. The summed E-state index contributed by atoms with van der Waals surface area (Å²) in [6, 6.07) is 13.1. The largest absolute Gasteiger partial charge is 0.396 e. The SMILES string of the molecule is C[C@H]1[C@H]([Si](C)(C)F)[C@@H](CCn2cc(CCO)nn2)O[C@]12C(=O)N(Cc1ccc(N3CCCC3=O)cc1)c1ccc(Cl)cc12. The predicted molar refractivity (Wildman–Crippen MR) is 164 cm³/mol. The fourth-order valence-corrected chi connectivity index (χ4v) is 9.98. The first kappa shape index (κ1) is 29.9. The number of aromatic nitrogens is 3. The molecule has 3 aliphatic rings. The molecule has 1 aromatic heterocycles. The Morgan fingerprint density at radius 1 is 1.19 bits per heavy atom. The van der Waals surface area contributed by atoms with Crippen molar-refractivity contribution < 1.29 is 23.5 Å². The molecular formula is C31H37ClFN5O4Si. The predicted octanol–water partition coefficient (Wildman–Crippen LogP) is 5.01. The summed E-state index contributed by atoms with van der Waals surface area (Å²) in [6.07, 6.45) is 3.55. The van der Waals surface area contributed by atoms with Gasteiger partial charge >= 0.3 is 0 Å². The van der Waals surface area contributed by atoms with E-state index in [1.807, 2.05) is 37.3 Å². The van der Waals surface area contributed by atoms with Crippen LogP contribution in [-0.4, -0.2) is 59.6 Å². The Labute approximate surface area is 256 Å². The third-order valence-electron chi connectivity index (χ3n) is 9.18. The first-order valence-corrected chi connectivity index (χ1v) is 18.2. The summed E-state index contributed by atoms with van der Waals surface area (Å²) < 4.78 is 24.6. The van der Waals surface area contributed by atoms with Crippen molar-refractivity contribution >= 4 is 43.2 Å². The van der Waals surface area contributed by atoms with Crippen LogP contribution in [0.15, 0.2) is 48.7 Å². The van der Waals surface area contributed by atoms with Crippen LogP contribution in [0.4, 0.5) is 15.5 Å². The van der Waals surface area contributed by atoms with Crippen molar-refractivity contribution in [2.45, 2.75) is 76.0 Å². The first-order chi connectivity index (χ1) is 20.5. The van der Waals surface area contributed by atoms with E-state index in [1.165, 1.54) is 0 Å². The molecule has 4 heterocycles. The smallest absolute Gasteiger partial charge is 0.264 e. The number of fused-ring (bicyclic) bond motifs is 2. The minimum atomic E-state index is -3.31. The van der Waals surface area contributed by atoms with E-state index in [2.05, 4.69) is 10.3 Å². The number of amides is 2. The summed E-state index contributed by atoms with van der Waals surface area (Å²) in [7, 11) is -3.31. The van der Waals surface area contributed by atoms with Crippen molar-refractivity contribution in [2.75, 3.05) is 23.0 Å². The van der Waals surface area contributed by atoms with Crippen molar-refractivity contribution in [1.29, 1.82) is 0 Å². The number of aliphatic hydroxyl groups excluding tert-OH is 1. The molecule has 1 spiro atoms. The zero-order valence-electron chi connectivity index (χ0n) is 24.7. The Balaban J connectivity index is 1.30. The van der Waals surface area contributed by atoms with Crippen LogP contribution in [0.5, 0.6) is 0 Å². The highest BCUT2D eigenvalue weighted by molar-refractivity contribution is 6.72. The van der Waals surface area contributed by atoms with Crippen LogP contribution >= 0.6 is 11.6 Å². The van der Waals surface area contributed by atoms with Gasteiger partial charge in [-0.3, -0.25) is 14.3 Å². The molecule has 3 aromatic rings. The van der Waals surface area contributed by atoms with Gasteiger partial charge in [0.25, 0.3) is 5.91 Å². The molecule has 2 amide bonds. The van der Waals surface area contributed by atoms with E-state index >= 15 is 4.11 Å². The molecular weight excluding hydrogens is 589 g/mol. The number of halogens is 2. The van der Waals surface area contributed by atoms with Gasteiger partial charge in [-0.2, -0.15) is 0 Å². The first-order valence-electron chi connectivity index (χ1n) is 14.9. The maximum absolute atomic E-state index is 16.1. The van der Waals surface area contributed by atoms with Gasteiger partial charge in [0.05, 0.1) is 24.0 Å². The number of hydrogen-bond acceptors (Lipinski definition) is 6. The minimum Gasteiger partial charge on any atom is -0.396 e. The van der Waals surface area contributed by atoms with Gasteiger partial charge in [-0.1, -0.05) is 35.9 Å². The monoisotopic (exact) mass is 625 g/mol. The highest BCUT2D eigenvalue weighted by Crippen LogP contribution is 2.60. The molecule has 0 aliphatic carbocycles. The molecule has 4 atom stereocenters. The van der Waals surface area contributed by atoms with Crippen LogP contribution in [0, 0.1) is 5.92 Å². The van der Waals surface area contributed by atoms with E-state index in [4.69, 9.17) is 16.3 Å². The molecule has 0 unspecified atom stereocenters. The van der Waals surface area contributed by atoms with Gasteiger partial charge in [-0.05, 0) is 61.8 Å². The van der Waals surface area contributed by atoms with E-state index in [1.54, 1.807) is 45.9 Å². The number of benzene rings is 2. The van der Waals surface area contributed by atoms with Crippen molar-refractivity contribution in [3.05, 3.63) is 70.5 Å². The quantitative estimate of drug-likeness (QED) is 0.265. The van der Waals surface area contributed by atoms with Crippen molar-refractivity contribution in [3.63, 3.8) is 0 Å². The van der Waals surface area contributed by atoms with Crippen LogP contribution in [0.1, 0.15) is 43.0 Å². The van der Waals surface area contributed by atoms with E-state index in [0.29, 0.717) is 60.9 Å². The molecule has 2 saturated heterocycles. The molecule has 3 aliphatic heterocycles. The van der Waals surface area contributed by atoms with Crippen molar-refractivity contribution in [2.24, 2.45) is 5.92 Å². The van der Waals surface area contributed by atoms with E-state index < -0.39 is 31.6 Å². The van der Waals surface area contributed by atoms with Gasteiger partial charge in [0, 0.05) is 66.5 Å². The molecule has 0 saturated carbocycles. The molecule has 2 aromatic carbocycles. The number of aliphatic hydroxyl groups is 1. The third kappa shape index (κ3) is 5.30. The zero-order chi connectivity index (χ0) is 30.5. The summed E-state index contributed by atoms with van der Waals surface area (Å²) in [5.41, 5.74) is 2.02. The van der Waals surface area contributed by atoms with Crippen LogP contribution < -0.4 is 9.80 Å². The molecule has 228 valence electrons. The average Bonchev–Trinajstić information content (AvgIpc) is 3.71. The molecule has 0 radical (unpaired) electrons. The average molecular weight is 626 g/mol. The minimum absolute atomic E-state index is 0.0168. The highest BCUT2D eigenvalue weighted by Gasteiger charge is 2.66. The summed E-state index contributed by atoms with van der Waals surface area (Å²) in [5, 5.41) is 17.9. The normalized spacial score (nSPS) is 25.4. The van der Waals surface area contributed by atoms with E-state index in [-0.39, 0.29) is 18.4 Å². The summed E-state index contributed by atoms with van der Waals surface area (Å²) in [4.78, 5) is 30.3. The molecule has 6 rings (SSSR count). The molecule has 9 nitrogen and oxygen atoms in total. The second-order valence-corrected chi connectivity index (χ2v) is 16.6. The van der Waals surface area contributed by atoms with Crippen LogP contribution in [0.2, 0.25) is 23.7 Å². The molecule has 43 heavy (non-hydrogen) atoms. The maximum atomic E-state index is 16.1. The summed E-state index contributed by atoms with van der Waals surface area (Å²) >= 11 is 6.49. The Hall–Kier alpha value is -3.12. The number of anilines is 2. The highest BCUT2D eigenvalue weighted by atomic mass is 35.5. The second-order valence-electron chi connectivity index (χ2n) is 12.4. The molecule has 12 heteroatoms. The fourth-order valence-electron chi connectivity index (χ4n) is 7.27. The van der Waals surface area contributed by atoms with Gasteiger partial charge in [-0.25, -0.2) is 0 Å². The van der Waals surface area contributed by atoms with E-state index in [0.717, 1.165) is 17.7 Å². The van der Waals surface area contributed by atoms with Gasteiger partial charge in [0.2, 0.25) is 14.3 Å². The standard InChI is InChI=1S/C31H37ClFN5O4Si/c1-20-29(43(2,3)33)27(12-15-36-19-23(13-16-39)34-35-36)42-31(20)25-17-22(32)8-11-26(25)38(30(31)41)18-21-6-9-24(10-7-21)37-14-4-5-28(37)40/h6-11,17,19-20,27,29,39H,4-5,12-16,18H2,1-3H3/t20-,27+,29-,31+/m0/s1. The number of nitrogens with zero attached hydrogens (tertiary/aromatic N) is 5. The molecule has 0 bridgehead atoms. The van der Waals surface area contributed by atoms with Crippen LogP contribution in [0.3, 0.4) is 0 Å². The number of rotatable bonds is 9. The summed E-state index contributed by atoms with van der Waals surface area (Å²) in [6.45, 7) is 6.74. The third-order valence-corrected chi connectivity index (χ3v) is 11.9. The number of aryl methyl sites for hydroxylation is 1. The summed E-state index contributed by atoms with van der Waals surface area (Å²) in [5.74, 6) is -0.517. The van der Waals surface area contributed by atoms with Crippen LogP contribution in [0.25, 0.3) is 0 Å².